The van der Waals surface area contributed by atoms with E-state index in [0.717, 1.165) is 0 Å². The zero-order valence-electron chi connectivity index (χ0n) is 29.0. The Hall–Kier alpha value is -3.55. The Morgan fingerprint density at radius 2 is 1.81 bits per heavy atom. The molecule has 2 aliphatic heterocycles. The van der Waals surface area contributed by atoms with Crippen molar-refractivity contribution in [3.8, 4) is 17.9 Å². The van der Waals surface area contributed by atoms with Crippen LogP contribution in [-0.2, 0) is 20.7 Å². The monoisotopic (exact) mass is 743 g/mol. The summed E-state index contributed by atoms with van der Waals surface area (Å²) < 4.78 is 28.1. The average Bonchev–Trinajstić information content (AvgIpc) is 3.58. The normalized spacial score (nSPS) is 18.4. The highest BCUT2D eigenvalue weighted by molar-refractivity contribution is 9.10. The molecule has 5 rings (SSSR count). The minimum absolute atomic E-state index is 0.0273. The van der Waals surface area contributed by atoms with E-state index in [4.69, 9.17) is 9.47 Å². The molecule has 3 amide bonds. The number of rotatable bonds is 7. The van der Waals surface area contributed by atoms with Crippen molar-refractivity contribution < 1.29 is 28.2 Å². The Morgan fingerprint density at radius 1 is 1.15 bits per heavy atom. The molecule has 1 saturated carbocycles. The summed E-state index contributed by atoms with van der Waals surface area (Å²) in [4.78, 5) is 49.4. The van der Waals surface area contributed by atoms with E-state index in [1.807, 2.05) is 0 Å². The molecule has 3 heterocycles. The molecular formula is C35H43BrFN5O5S. The molecule has 1 aliphatic carbocycles. The van der Waals surface area contributed by atoms with Gasteiger partial charge in [0.25, 0.3) is 0 Å². The van der Waals surface area contributed by atoms with Crippen molar-refractivity contribution in [2.75, 3.05) is 31.8 Å². The van der Waals surface area contributed by atoms with Crippen molar-refractivity contribution in [3.63, 3.8) is 0 Å². The average molecular weight is 745 g/mol. The van der Waals surface area contributed by atoms with E-state index < -0.39 is 35.2 Å². The van der Waals surface area contributed by atoms with Crippen molar-refractivity contribution in [2.24, 2.45) is 5.92 Å². The first-order valence-corrected chi connectivity index (χ1v) is 17.9. The molecule has 10 nitrogen and oxygen atoms in total. The molecule has 3 aliphatic rings. The van der Waals surface area contributed by atoms with Crippen LogP contribution in [0.4, 0.5) is 19.7 Å². The number of pyridine rings is 1. The van der Waals surface area contributed by atoms with Gasteiger partial charge in [0, 0.05) is 51.2 Å². The summed E-state index contributed by atoms with van der Waals surface area (Å²) in [5.74, 6) is 5.47. The number of hydrogen-bond acceptors (Lipinski definition) is 8. The second-order valence-electron chi connectivity index (χ2n) is 14.2. The number of ether oxygens (including phenoxy) is 2. The molecule has 0 unspecified atom stereocenters. The first kappa shape index (κ1) is 37.3. The Labute approximate surface area is 294 Å². The van der Waals surface area contributed by atoms with E-state index >= 15 is 4.39 Å². The van der Waals surface area contributed by atoms with Crippen molar-refractivity contribution in [1.29, 1.82) is 5.26 Å². The summed E-state index contributed by atoms with van der Waals surface area (Å²) in [5, 5.41) is 10.0. The maximum Gasteiger partial charge on any atom is 0.415 e. The number of fused-ring (bicyclic) bond motifs is 2. The van der Waals surface area contributed by atoms with Crippen LogP contribution in [0.5, 0.6) is 0 Å². The Bertz CT molecular complexity index is 1720. The molecule has 1 aromatic carbocycles. The number of anilines is 1. The SMILES string of the molecule is CSc1nc2c(F)c(Br)c(CCC#N)cc2c(N(C(=O)OC(C)(C)C)[C@H]2[C@@H]3C[C@H]2N(C(=O)OC(C)(C)C)C3)c1C#CCCC(=O)N(C)C. The van der Waals surface area contributed by atoms with Gasteiger partial charge >= 0.3 is 12.2 Å². The Balaban J connectivity index is 2.00. The van der Waals surface area contributed by atoms with Gasteiger partial charge in [0.2, 0.25) is 5.91 Å². The van der Waals surface area contributed by atoms with E-state index in [1.165, 1.54) is 21.6 Å². The lowest BCUT2D eigenvalue weighted by molar-refractivity contribution is -0.128. The van der Waals surface area contributed by atoms with Gasteiger partial charge in [-0.05, 0) is 88.2 Å². The van der Waals surface area contributed by atoms with Crippen LogP contribution in [0.25, 0.3) is 10.9 Å². The summed E-state index contributed by atoms with van der Waals surface area (Å²) in [7, 11) is 3.35. The number of aromatic nitrogens is 1. The van der Waals surface area contributed by atoms with Gasteiger partial charge in [0.1, 0.15) is 21.7 Å². The summed E-state index contributed by atoms with van der Waals surface area (Å²) in [6.07, 6.45) is 2.16. The van der Waals surface area contributed by atoms with E-state index in [1.54, 1.807) is 72.9 Å². The Morgan fingerprint density at radius 3 is 2.40 bits per heavy atom. The molecule has 0 spiro atoms. The number of thioether (sulfide) groups is 1. The molecule has 13 heteroatoms. The van der Waals surface area contributed by atoms with Crippen LogP contribution in [0.3, 0.4) is 0 Å². The molecule has 3 fully saturated rings. The summed E-state index contributed by atoms with van der Waals surface area (Å²) in [6.45, 7) is 11.1. The lowest BCUT2D eigenvalue weighted by Crippen LogP contribution is -2.59. The smallest absolute Gasteiger partial charge is 0.415 e. The van der Waals surface area contributed by atoms with Gasteiger partial charge in [-0.2, -0.15) is 5.26 Å². The highest BCUT2D eigenvalue weighted by Gasteiger charge is 2.59. The van der Waals surface area contributed by atoms with E-state index in [2.05, 4.69) is 38.8 Å². The van der Waals surface area contributed by atoms with Gasteiger partial charge in [0.15, 0.2) is 5.82 Å². The number of amides is 3. The number of nitrogens with zero attached hydrogens (tertiary/aromatic N) is 5. The van der Waals surface area contributed by atoms with Gasteiger partial charge in [-0.1, -0.05) is 11.8 Å². The summed E-state index contributed by atoms with van der Waals surface area (Å²) in [6, 6.07) is 2.96. The first-order valence-electron chi connectivity index (χ1n) is 15.8. The molecule has 0 radical (unpaired) electrons. The molecule has 2 bridgehead atoms. The van der Waals surface area contributed by atoms with Crippen LogP contribution in [0.1, 0.15) is 78.4 Å². The minimum Gasteiger partial charge on any atom is -0.444 e. The van der Waals surface area contributed by atoms with Gasteiger partial charge in [-0.3, -0.25) is 9.69 Å². The van der Waals surface area contributed by atoms with Crippen LogP contribution in [0, 0.1) is 34.9 Å². The number of carbonyl (C=O) groups excluding carboxylic acids is 3. The standard InChI is InChI=1S/C35H43BrFN5O5S/c1-34(2,3)46-32(44)41-19-21-18-24(41)29(21)42(33(45)47-35(4,5)6)30-22(14-10-11-15-25(43)40(7)8)31(48-9)39-28-23(30)17-20(13-12-16-38)26(36)27(28)37/h17,21,24,29H,11-13,15,18-19H2,1-9H3/t21-,24-,29+/m1/s1. The third kappa shape index (κ3) is 8.01. The maximum absolute atomic E-state index is 16.2. The van der Waals surface area contributed by atoms with Gasteiger partial charge < -0.3 is 19.3 Å². The van der Waals surface area contributed by atoms with Crippen molar-refractivity contribution >= 4 is 62.4 Å². The minimum atomic E-state index is -0.876. The predicted molar refractivity (Wildman–Crippen MR) is 187 cm³/mol. The largest absolute Gasteiger partial charge is 0.444 e. The molecule has 258 valence electrons. The highest BCUT2D eigenvalue weighted by atomic mass is 79.9. The molecule has 48 heavy (non-hydrogen) atoms. The predicted octanol–water partition coefficient (Wildman–Crippen LogP) is 7.28. The quantitative estimate of drug-likeness (QED) is 0.215. The fourth-order valence-corrected chi connectivity index (χ4v) is 6.99. The third-order valence-electron chi connectivity index (χ3n) is 8.06. The second-order valence-corrected chi connectivity index (χ2v) is 15.8. The van der Waals surface area contributed by atoms with Crippen LogP contribution < -0.4 is 4.90 Å². The number of nitriles is 1. The van der Waals surface area contributed by atoms with Crippen LogP contribution in [-0.4, -0.2) is 83.1 Å². The van der Waals surface area contributed by atoms with Gasteiger partial charge in [-0.15, -0.1) is 11.8 Å². The molecule has 2 saturated heterocycles. The van der Waals surface area contributed by atoms with E-state index in [0.29, 0.717) is 40.2 Å². The number of halogens is 2. The zero-order chi connectivity index (χ0) is 35.7. The Kier molecular flexibility index (Phi) is 11.3. The number of carbonyl (C=O) groups is 3. The summed E-state index contributed by atoms with van der Waals surface area (Å²) in [5.41, 5.74) is -0.312. The van der Waals surface area contributed by atoms with Gasteiger partial charge in [0.05, 0.1) is 33.9 Å². The first-order chi connectivity index (χ1) is 22.4. The molecule has 1 aromatic heterocycles. The maximum atomic E-state index is 16.2. The van der Waals surface area contributed by atoms with Gasteiger partial charge in [-0.25, -0.2) is 19.0 Å². The lowest BCUT2D eigenvalue weighted by Gasteiger charge is -2.44. The fraction of sp³-hybridized carbons (Fsp3) is 0.571. The topological polar surface area (TPSA) is 116 Å². The highest BCUT2D eigenvalue weighted by Crippen LogP contribution is 2.49. The molecule has 2 aromatic rings. The lowest BCUT2D eigenvalue weighted by atomic mass is 9.78. The molecular weight excluding hydrogens is 701 g/mol. The van der Waals surface area contributed by atoms with Crippen molar-refractivity contribution in [1.82, 2.24) is 14.8 Å². The summed E-state index contributed by atoms with van der Waals surface area (Å²) >= 11 is 4.63. The second kappa shape index (κ2) is 14.5. The molecule has 3 atom stereocenters. The van der Waals surface area contributed by atoms with Crippen LogP contribution in [0.15, 0.2) is 15.6 Å². The van der Waals surface area contributed by atoms with Crippen LogP contribution in [0.2, 0.25) is 0 Å². The van der Waals surface area contributed by atoms with Crippen molar-refractivity contribution in [2.45, 2.75) is 102 Å². The number of benzene rings is 1. The fourth-order valence-electron chi connectivity index (χ4n) is 5.96. The zero-order valence-corrected chi connectivity index (χ0v) is 31.4. The van der Waals surface area contributed by atoms with Crippen molar-refractivity contribution in [3.05, 3.63) is 27.5 Å². The van der Waals surface area contributed by atoms with E-state index in [-0.39, 0.29) is 53.5 Å². The number of aryl methyl sites for hydroxylation is 1. The van der Waals surface area contributed by atoms with Crippen LogP contribution >= 0.6 is 27.7 Å². The number of hydrogen-bond donors (Lipinski definition) is 0. The molecule has 0 N–H and O–H groups in total. The van der Waals surface area contributed by atoms with E-state index in [9.17, 15) is 19.6 Å². The third-order valence-corrected chi connectivity index (χ3v) is 9.60.